The summed E-state index contributed by atoms with van der Waals surface area (Å²) < 4.78 is 39.1. The molecule has 0 aromatic heterocycles. The highest BCUT2D eigenvalue weighted by Gasteiger charge is 2.30. The quantitative estimate of drug-likeness (QED) is 0.378. The van der Waals surface area contributed by atoms with Gasteiger partial charge in [-0.1, -0.05) is 43.8 Å². The van der Waals surface area contributed by atoms with E-state index in [0.717, 1.165) is 0 Å². The average Bonchev–Trinajstić information content (AvgIpc) is 2.54. The minimum absolute atomic E-state index is 0.0598. The molecule has 2 unspecified atom stereocenters. The molecule has 0 bridgehead atoms. The van der Waals surface area contributed by atoms with Gasteiger partial charge in [0.25, 0.3) is 0 Å². The highest BCUT2D eigenvalue weighted by atomic mass is 32.2. The summed E-state index contributed by atoms with van der Waals surface area (Å²) in [4.78, 5) is 1.79. The largest absolute Gasteiger partial charge is 0.383 e. The topological polar surface area (TPSA) is 67.9 Å². The molecule has 1 rings (SSSR count). The highest BCUT2D eigenvalue weighted by Crippen LogP contribution is 2.14. The van der Waals surface area contributed by atoms with E-state index < -0.39 is 24.4 Å². The number of ether oxygens (including phenoxy) is 2. The fraction of sp³-hybridized carbons (Fsp3) is 0.529. The zero-order valence-electron chi connectivity index (χ0n) is 15.5. The Morgan fingerprint density at radius 2 is 1.88 bits per heavy atom. The van der Waals surface area contributed by atoms with E-state index in [4.69, 9.17) is 15.9 Å². The van der Waals surface area contributed by atoms with Crippen molar-refractivity contribution in [1.82, 2.24) is 9.62 Å². The SMILES string of the molecule is C#CCN(C)C(NS(=O)(=O)c1ccccc1)OCC(OC)[Si](C)(C)C. The molecule has 0 amide bonds. The first-order chi connectivity index (χ1) is 11.6. The van der Waals surface area contributed by atoms with Crippen LogP contribution in [0.1, 0.15) is 0 Å². The van der Waals surface area contributed by atoms with Gasteiger partial charge in [0.05, 0.1) is 31.8 Å². The molecule has 0 saturated carbocycles. The minimum atomic E-state index is -3.73. The van der Waals surface area contributed by atoms with Crippen molar-refractivity contribution in [3.8, 4) is 12.3 Å². The van der Waals surface area contributed by atoms with Crippen molar-refractivity contribution < 1.29 is 17.9 Å². The van der Waals surface area contributed by atoms with Gasteiger partial charge in [-0.2, -0.15) is 4.72 Å². The van der Waals surface area contributed by atoms with Crippen LogP contribution in [-0.2, 0) is 19.5 Å². The first kappa shape index (κ1) is 21.8. The van der Waals surface area contributed by atoms with Gasteiger partial charge >= 0.3 is 0 Å². The van der Waals surface area contributed by atoms with Crippen molar-refractivity contribution in [3.63, 3.8) is 0 Å². The Morgan fingerprint density at radius 1 is 1.28 bits per heavy atom. The Kier molecular flexibility index (Phi) is 8.27. The molecule has 0 radical (unpaired) electrons. The van der Waals surface area contributed by atoms with Crippen LogP contribution in [-0.4, -0.2) is 60.8 Å². The molecule has 0 aliphatic heterocycles. The second-order valence-corrected chi connectivity index (χ2v) is 13.9. The van der Waals surface area contributed by atoms with Gasteiger partial charge in [0.15, 0.2) is 6.35 Å². The zero-order chi connectivity index (χ0) is 19.1. The van der Waals surface area contributed by atoms with Crippen LogP contribution in [0.5, 0.6) is 0 Å². The third kappa shape index (κ3) is 6.90. The summed E-state index contributed by atoms with van der Waals surface area (Å²) in [5, 5.41) is 0. The lowest BCUT2D eigenvalue weighted by Crippen LogP contribution is -2.51. The molecule has 6 nitrogen and oxygen atoms in total. The fourth-order valence-electron chi connectivity index (χ4n) is 2.13. The maximum absolute atomic E-state index is 12.6. The number of terminal acetylenes is 1. The lowest BCUT2D eigenvalue weighted by Gasteiger charge is -2.32. The van der Waals surface area contributed by atoms with E-state index in [-0.39, 0.29) is 23.8 Å². The third-order valence-electron chi connectivity index (χ3n) is 3.71. The van der Waals surface area contributed by atoms with E-state index in [1.54, 1.807) is 37.3 Å². The Bertz CT molecular complexity index is 668. The van der Waals surface area contributed by atoms with E-state index in [1.807, 2.05) is 0 Å². The molecule has 2 atom stereocenters. The van der Waals surface area contributed by atoms with E-state index in [2.05, 4.69) is 30.3 Å². The molecule has 140 valence electrons. The van der Waals surface area contributed by atoms with Crippen LogP contribution in [0, 0.1) is 12.3 Å². The van der Waals surface area contributed by atoms with Crippen LogP contribution in [0.15, 0.2) is 35.2 Å². The van der Waals surface area contributed by atoms with E-state index >= 15 is 0 Å². The van der Waals surface area contributed by atoms with Gasteiger partial charge in [-0.15, -0.1) is 6.42 Å². The predicted octanol–water partition coefficient (Wildman–Crippen LogP) is 1.72. The highest BCUT2D eigenvalue weighted by molar-refractivity contribution is 7.89. The summed E-state index contributed by atoms with van der Waals surface area (Å²) in [6.45, 7) is 7.02. The number of benzene rings is 1. The Labute approximate surface area is 152 Å². The van der Waals surface area contributed by atoms with Gasteiger partial charge in [-0.3, -0.25) is 4.90 Å². The summed E-state index contributed by atoms with van der Waals surface area (Å²) in [6.07, 6.45) is 4.47. The van der Waals surface area contributed by atoms with Gasteiger partial charge in [0.1, 0.15) is 0 Å². The smallest absolute Gasteiger partial charge is 0.243 e. The minimum Gasteiger partial charge on any atom is -0.383 e. The predicted molar refractivity (Wildman–Crippen MR) is 102 cm³/mol. The molecule has 0 fully saturated rings. The monoisotopic (exact) mass is 384 g/mol. The summed E-state index contributed by atoms with van der Waals surface area (Å²) in [5.74, 6) is 2.49. The van der Waals surface area contributed by atoms with E-state index in [1.165, 1.54) is 12.1 Å². The number of methoxy groups -OCH3 is 1. The molecule has 0 aliphatic rings. The molecule has 25 heavy (non-hydrogen) atoms. The van der Waals surface area contributed by atoms with Gasteiger partial charge < -0.3 is 9.47 Å². The number of hydrogen-bond donors (Lipinski definition) is 1. The Morgan fingerprint density at radius 3 is 2.36 bits per heavy atom. The van der Waals surface area contributed by atoms with Crippen LogP contribution >= 0.6 is 0 Å². The second kappa shape index (κ2) is 9.47. The van der Waals surface area contributed by atoms with Crippen molar-refractivity contribution in [3.05, 3.63) is 30.3 Å². The number of rotatable bonds is 10. The van der Waals surface area contributed by atoms with Crippen molar-refractivity contribution in [1.29, 1.82) is 0 Å². The van der Waals surface area contributed by atoms with E-state index in [9.17, 15) is 8.42 Å². The van der Waals surface area contributed by atoms with Crippen molar-refractivity contribution >= 4 is 18.1 Å². The normalized spacial score (nSPS) is 14.9. The van der Waals surface area contributed by atoms with Crippen LogP contribution in [0.25, 0.3) is 0 Å². The van der Waals surface area contributed by atoms with Gasteiger partial charge in [0.2, 0.25) is 10.0 Å². The van der Waals surface area contributed by atoms with Crippen molar-refractivity contribution in [2.24, 2.45) is 0 Å². The molecule has 0 saturated heterocycles. The third-order valence-corrected chi connectivity index (χ3v) is 7.45. The number of sulfonamides is 1. The lowest BCUT2D eigenvalue weighted by atomic mass is 10.4. The summed E-state index contributed by atoms with van der Waals surface area (Å²) in [7, 11) is -2.00. The van der Waals surface area contributed by atoms with Gasteiger partial charge in [-0.25, -0.2) is 8.42 Å². The molecule has 1 N–H and O–H groups in total. The molecular weight excluding hydrogens is 356 g/mol. The maximum atomic E-state index is 12.6. The molecular formula is C17H28N2O4SSi. The lowest BCUT2D eigenvalue weighted by molar-refractivity contribution is -0.0734. The Balaban J connectivity index is 2.93. The van der Waals surface area contributed by atoms with Crippen LogP contribution in [0.3, 0.4) is 0 Å². The van der Waals surface area contributed by atoms with Gasteiger partial charge in [0, 0.05) is 7.11 Å². The molecule has 1 aromatic rings. The number of nitrogens with zero attached hydrogens (tertiary/aromatic N) is 1. The second-order valence-electron chi connectivity index (χ2n) is 6.83. The van der Waals surface area contributed by atoms with Crippen molar-refractivity contribution in [2.45, 2.75) is 36.6 Å². The summed E-state index contributed by atoms with van der Waals surface area (Å²) >= 11 is 0. The maximum Gasteiger partial charge on any atom is 0.243 e. The van der Waals surface area contributed by atoms with Crippen LogP contribution in [0.2, 0.25) is 19.6 Å². The summed E-state index contributed by atoms with van der Waals surface area (Å²) in [5.41, 5.74) is -0.0598. The van der Waals surface area contributed by atoms with Crippen LogP contribution < -0.4 is 4.72 Å². The number of nitrogens with one attached hydrogen (secondary N) is 1. The van der Waals surface area contributed by atoms with Crippen LogP contribution in [0.4, 0.5) is 0 Å². The molecule has 0 spiro atoms. The van der Waals surface area contributed by atoms with Crippen molar-refractivity contribution in [2.75, 3.05) is 27.3 Å². The average molecular weight is 385 g/mol. The molecule has 0 aliphatic carbocycles. The Hall–Kier alpha value is -1.21. The molecule has 8 heteroatoms. The molecule has 1 aromatic carbocycles. The first-order valence-electron chi connectivity index (χ1n) is 7.97. The van der Waals surface area contributed by atoms with E-state index in [0.29, 0.717) is 0 Å². The first-order valence-corrected chi connectivity index (χ1v) is 13.0. The molecule has 0 heterocycles. The number of hydrogen-bond acceptors (Lipinski definition) is 5. The zero-order valence-corrected chi connectivity index (χ0v) is 17.3. The fourth-order valence-corrected chi connectivity index (χ4v) is 4.60. The summed E-state index contributed by atoms with van der Waals surface area (Å²) in [6, 6.07) is 8.15. The van der Waals surface area contributed by atoms with Gasteiger partial charge in [-0.05, 0) is 19.2 Å². The standard InChI is InChI=1S/C17H28N2O4SSi/c1-7-13-19(2)17(23-14-16(22-3)25(4,5)6)18-24(20,21)15-11-9-8-10-12-15/h1,8-12,16-18H,13-14H2,2-6H3.